The van der Waals surface area contributed by atoms with Gasteiger partial charge in [-0.15, -0.1) is 0 Å². The van der Waals surface area contributed by atoms with E-state index in [1.807, 2.05) is 12.1 Å². The Hall–Kier alpha value is -1.84. The van der Waals surface area contributed by atoms with E-state index in [2.05, 4.69) is 10.00 Å². The van der Waals surface area contributed by atoms with Gasteiger partial charge in [0.1, 0.15) is 11.6 Å². The molecule has 2 aromatic rings. The Morgan fingerprint density at radius 2 is 1.63 bits per heavy atom. The summed E-state index contributed by atoms with van der Waals surface area (Å²) < 4.78 is 15.5. The van der Waals surface area contributed by atoms with Crippen molar-refractivity contribution in [2.75, 3.05) is 11.9 Å². The summed E-state index contributed by atoms with van der Waals surface area (Å²) in [6, 6.07) is 6.81. The Bertz CT molecular complexity index is 831. The maximum Gasteiger partial charge on any atom is 0.133 e. The number of hydrogen-bond acceptors (Lipinski definition) is 2. The highest BCUT2D eigenvalue weighted by molar-refractivity contribution is 5.56. The van der Waals surface area contributed by atoms with E-state index in [9.17, 15) is 4.39 Å². The monoisotopic (exact) mass is 365 g/mol. The molecule has 4 heteroatoms. The lowest BCUT2D eigenvalue weighted by Gasteiger charge is -2.56. The van der Waals surface area contributed by atoms with Gasteiger partial charge in [0.2, 0.25) is 0 Å². The van der Waals surface area contributed by atoms with Crippen LogP contribution in [0.5, 0.6) is 0 Å². The van der Waals surface area contributed by atoms with E-state index in [4.69, 9.17) is 5.10 Å². The van der Waals surface area contributed by atoms with Crippen LogP contribution < -0.4 is 5.32 Å². The van der Waals surface area contributed by atoms with Crippen molar-refractivity contribution in [2.45, 2.75) is 63.2 Å². The van der Waals surface area contributed by atoms with Gasteiger partial charge in [-0.2, -0.15) is 5.10 Å². The number of rotatable bonds is 2. The number of anilines is 1. The second kappa shape index (κ2) is 5.83. The molecule has 5 aliphatic rings. The molecule has 0 spiro atoms. The van der Waals surface area contributed by atoms with Gasteiger partial charge in [0.25, 0.3) is 0 Å². The van der Waals surface area contributed by atoms with Gasteiger partial charge in [0.05, 0.1) is 11.4 Å². The van der Waals surface area contributed by atoms with Crippen LogP contribution in [-0.4, -0.2) is 16.3 Å². The third-order valence-corrected chi connectivity index (χ3v) is 7.74. The Balaban J connectivity index is 1.50. The molecule has 0 amide bonds. The van der Waals surface area contributed by atoms with E-state index in [0.717, 1.165) is 36.4 Å². The van der Waals surface area contributed by atoms with Gasteiger partial charge < -0.3 is 5.32 Å². The molecule has 1 aliphatic heterocycles. The van der Waals surface area contributed by atoms with Gasteiger partial charge in [-0.25, -0.2) is 9.07 Å². The van der Waals surface area contributed by atoms with Crippen LogP contribution in [0.25, 0.3) is 5.69 Å². The van der Waals surface area contributed by atoms with Crippen LogP contribution in [0.1, 0.15) is 62.6 Å². The minimum absolute atomic E-state index is 0.189. The zero-order chi connectivity index (χ0) is 18.0. The highest BCUT2D eigenvalue weighted by atomic mass is 19.1. The normalized spacial score (nSPS) is 34.2. The van der Waals surface area contributed by atoms with Crippen LogP contribution in [-0.2, 0) is 11.8 Å². The summed E-state index contributed by atoms with van der Waals surface area (Å²) in [6.45, 7) is 1.00. The molecular formula is C23H28FN3. The van der Waals surface area contributed by atoms with Crippen molar-refractivity contribution in [1.29, 1.82) is 0 Å². The van der Waals surface area contributed by atoms with Gasteiger partial charge >= 0.3 is 0 Å². The lowest BCUT2D eigenvalue weighted by Crippen LogP contribution is -2.49. The van der Waals surface area contributed by atoms with Gasteiger partial charge in [-0.05, 0) is 99.8 Å². The lowest BCUT2D eigenvalue weighted by atomic mass is 9.48. The van der Waals surface area contributed by atoms with Gasteiger partial charge in [0, 0.05) is 17.5 Å². The van der Waals surface area contributed by atoms with Crippen LogP contribution in [0.4, 0.5) is 10.2 Å². The average molecular weight is 365 g/mol. The van der Waals surface area contributed by atoms with Crippen molar-refractivity contribution in [3.8, 4) is 5.69 Å². The second-order valence-corrected chi connectivity index (χ2v) is 9.65. The number of hydrogen-bond donors (Lipinski definition) is 1. The van der Waals surface area contributed by atoms with Crippen molar-refractivity contribution in [2.24, 2.45) is 17.8 Å². The zero-order valence-electron chi connectivity index (χ0n) is 15.9. The first-order valence-corrected chi connectivity index (χ1v) is 10.8. The quantitative estimate of drug-likeness (QED) is 0.790. The second-order valence-electron chi connectivity index (χ2n) is 9.65. The predicted octanol–water partition coefficient (Wildman–Crippen LogP) is 5.23. The summed E-state index contributed by atoms with van der Waals surface area (Å²) >= 11 is 0. The summed E-state index contributed by atoms with van der Waals surface area (Å²) in [5.41, 5.74) is 4.11. The standard InChI is InChI=1S/C23H28FN3/c24-18-4-6-19(7-5-18)27-22-20(3-1-2-8-25-22)21(26-27)23-12-15-9-16(13-23)11-17(10-15)14-23/h4-7,15-17,25H,1-3,8-14H2. The molecule has 0 radical (unpaired) electrons. The van der Waals surface area contributed by atoms with Crippen molar-refractivity contribution >= 4 is 5.82 Å². The first-order chi connectivity index (χ1) is 13.2. The summed E-state index contributed by atoms with van der Waals surface area (Å²) in [5.74, 6) is 3.74. The SMILES string of the molecule is Fc1ccc(-n2nc(C34CC5CC(CC(C5)C3)C4)c3c2NCCCC3)cc1. The molecule has 142 valence electrons. The number of nitrogens with one attached hydrogen (secondary N) is 1. The topological polar surface area (TPSA) is 29.9 Å². The van der Waals surface area contributed by atoms with Crippen molar-refractivity contribution in [1.82, 2.24) is 9.78 Å². The molecule has 7 rings (SSSR count). The van der Waals surface area contributed by atoms with Gasteiger partial charge in [0.15, 0.2) is 0 Å². The van der Waals surface area contributed by atoms with Crippen LogP contribution in [0, 0.1) is 23.6 Å². The molecule has 0 unspecified atom stereocenters. The molecule has 4 fully saturated rings. The summed E-state index contributed by atoms with van der Waals surface area (Å²) in [6.07, 6.45) is 12.0. The van der Waals surface area contributed by atoms with Crippen molar-refractivity contribution < 1.29 is 4.39 Å². The lowest BCUT2D eigenvalue weighted by molar-refractivity contribution is -0.00773. The van der Waals surface area contributed by atoms with E-state index in [1.54, 1.807) is 12.1 Å². The number of aromatic nitrogens is 2. The molecule has 27 heavy (non-hydrogen) atoms. The molecule has 1 N–H and O–H groups in total. The summed E-state index contributed by atoms with van der Waals surface area (Å²) in [7, 11) is 0. The molecule has 2 heterocycles. The Morgan fingerprint density at radius 1 is 0.963 bits per heavy atom. The van der Waals surface area contributed by atoms with Gasteiger partial charge in [-0.3, -0.25) is 0 Å². The van der Waals surface area contributed by atoms with E-state index < -0.39 is 0 Å². The Morgan fingerprint density at radius 3 is 2.30 bits per heavy atom. The minimum atomic E-state index is -0.189. The first-order valence-electron chi connectivity index (χ1n) is 10.8. The molecule has 4 bridgehead atoms. The van der Waals surface area contributed by atoms with E-state index in [1.165, 1.54) is 68.4 Å². The molecule has 3 nitrogen and oxygen atoms in total. The zero-order valence-corrected chi connectivity index (χ0v) is 15.9. The molecular weight excluding hydrogens is 337 g/mol. The Labute approximate surface area is 160 Å². The molecule has 0 saturated heterocycles. The smallest absolute Gasteiger partial charge is 0.133 e. The minimum Gasteiger partial charge on any atom is -0.370 e. The fourth-order valence-corrected chi connectivity index (χ4v) is 7.10. The van der Waals surface area contributed by atoms with Crippen molar-refractivity contribution in [3.05, 3.63) is 41.3 Å². The molecule has 0 atom stereocenters. The number of fused-ring (bicyclic) bond motifs is 1. The Kier molecular flexibility index (Phi) is 3.48. The first kappa shape index (κ1) is 16.1. The summed E-state index contributed by atoms with van der Waals surface area (Å²) in [4.78, 5) is 0. The fourth-order valence-electron chi connectivity index (χ4n) is 7.10. The number of nitrogens with zero attached hydrogens (tertiary/aromatic N) is 2. The van der Waals surface area contributed by atoms with Crippen molar-refractivity contribution in [3.63, 3.8) is 0 Å². The van der Waals surface area contributed by atoms with E-state index >= 15 is 0 Å². The van der Waals surface area contributed by atoms with Crippen LogP contribution in [0.2, 0.25) is 0 Å². The van der Waals surface area contributed by atoms with E-state index in [0.29, 0.717) is 5.41 Å². The largest absolute Gasteiger partial charge is 0.370 e. The van der Waals surface area contributed by atoms with Crippen LogP contribution in [0.3, 0.4) is 0 Å². The highest BCUT2D eigenvalue weighted by Gasteiger charge is 2.53. The molecule has 4 saturated carbocycles. The maximum atomic E-state index is 13.5. The van der Waals surface area contributed by atoms with Crippen LogP contribution >= 0.6 is 0 Å². The third-order valence-electron chi connectivity index (χ3n) is 7.74. The molecule has 1 aromatic carbocycles. The highest BCUT2D eigenvalue weighted by Crippen LogP contribution is 2.61. The van der Waals surface area contributed by atoms with Crippen LogP contribution in [0.15, 0.2) is 24.3 Å². The third kappa shape index (κ3) is 2.48. The van der Waals surface area contributed by atoms with Gasteiger partial charge in [-0.1, -0.05) is 0 Å². The number of benzene rings is 1. The average Bonchev–Trinajstić information content (AvgIpc) is 2.84. The maximum absolute atomic E-state index is 13.5. The predicted molar refractivity (Wildman–Crippen MR) is 105 cm³/mol. The summed E-state index contributed by atoms with van der Waals surface area (Å²) in [5, 5.41) is 8.92. The fraction of sp³-hybridized carbons (Fsp3) is 0.609. The van der Waals surface area contributed by atoms with E-state index in [-0.39, 0.29) is 5.82 Å². The molecule has 1 aromatic heterocycles. The number of halogens is 1. The molecule has 4 aliphatic carbocycles.